The minimum Gasteiger partial charge on any atom is -0.315 e. The summed E-state index contributed by atoms with van der Waals surface area (Å²) in [7, 11) is 1.79. The molecule has 0 saturated heterocycles. The van der Waals surface area contributed by atoms with Gasteiger partial charge in [0.2, 0.25) is 0 Å². The van der Waals surface area contributed by atoms with Crippen LogP contribution in [-0.4, -0.2) is 39.1 Å². The zero-order chi connectivity index (χ0) is 23.3. The van der Waals surface area contributed by atoms with Crippen LogP contribution in [0.3, 0.4) is 0 Å². The van der Waals surface area contributed by atoms with Crippen LogP contribution in [0, 0.1) is 5.92 Å². The standard InChI is InChI=1S/C22H21ClN8O2/c1-12(2)9-30-19-17(21(32)26-22(30)33)18(20-27-25-11-29(20)3)31(28-19)10-13-6-7-24-16-5-4-14(23)8-15(13)16/h4-8,11-12H,9-10H2,1-3H3,(H,26,32,33). The molecule has 0 aliphatic heterocycles. The van der Waals surface area contributed by atoms with E-state index < -0.39 is 11.2 Å². The van der Waals surface area contributed by atoms with Crippen LogP contribution in [0.15, 0.2) is 46.4 Å². The fourth-order valence-electron chi connectivity index (χ4n) is 4.02. The number of nitrogens with zero attached hydrogens (tertiary/aromatic N) is 7. The number of pyridine rings is 1. The van der Waals surface area contributed by atoms with Gasteiger partial charge in [-0.2, -0.15) is 5.10 Å². The van der Waals surface area contributed by atoms with Gasteiger partial charge in [0.25, 0.3) is 5.56 Å². The Bertz CT molecular complexity index is 1630. The quantitative estimate of drug-likeness (QED) is 0.427. The number of aromatic amines is 1. The fourth-order valence-corrected chi connectivity index (χ4v) is 4.19. The average Bonchev–Trinajstić information content (AvgIpc) is 3.34. The van der Waals surface area contributed by atoms with E-state index in [-0.39, 0.29) is 5.92 Å². The molecule has 0 fully saturated rings. The van der Waals surface area contributed by atoms with E-state index in [0.717, 1.165) is 16.5 Å². The number of halogens is 1. The molecular weight excluding hydrogens is 444 g/mol. The van der Waals surface area contributed by atoms with Crippen molar-refractivity contribution in [3.63, 3.8) is 0 Å². The smallest absolute Gasteiger partial charge is 0.315 e. The lowest BCUT2D eigenvalue weighted by Crippen LogP contribution is -2.31. The van der Waals surface area contributed by atoms with Crippen LogP contribution in [-0.2, 0) is 20.1 Å². The normalized spacial score (nSPS) is 11.8. The molecule has 11 heteroatoms. The molecule has 4 aromatic heterocycles. The number of aromatic nitrogens is 8. The van der Waals surface area contributed by atoms with E-state index in [4.69, 9.17) is 16.7 Å². The largest absolute Gasteiger partial charge is 0.330 e. The van der Waals surface area contributed by atoms with E-state index in [9.17, 15) is 9.59 Å². The number of hydrogen-bond acceptors (Lipinski definition) is 6. The third-order valence-electron chi connectivity index (χ3n) is 5.47. The van der Waals surface area contributed by atoms with E-state index in [2.05, 4.69) is 20.2 Å². The molecule has 1 aromatic carbocycles. The topological polar surface area (TPSA) is 116 Å². The van der Waals surface area contributed by atoms with E-state index in [1.807, 2.05) is 32.0 Å². The molecule has 0 unspecified atom stereocenters. The van der Waals surface area contributed by atoms with Gasteiger partial charge < -0.3 is 4.57 Å². The van der Waals surface area contributed by atoms with Crippen molar-refractivity contribution in [2.45, 2.75) is 26.9 Å². The Morgan fingerprint density at radius 3 is 2.73 bits per heavy atom. The summed E-state index contributed by atoms with van der Waals surface area (Å²) in [5.41, 5.74) is 1.50. The van der Waals surface area contributed by atoms with Gasteiger partial charge in [0.15, 0.2) is 11.5 Å². The molecule has 0 saturated carbocycles. The number of benzene rings is 1. The number of hydrogen-bond donors (Lipinski definition) is 1. The monoisotopic (exact) mass is 464 g/mol. The number of H-pyrrole nitrogens is 1. The van der Waals surface area contributed by atoms with Crippen molar-refractivity contribution in [1.29, 1.82) is 0 Å². The lowest BCUT2D eigenvalue weighted by atomic mass is 10.1. The molecule has 0 aliphatic rings. The highest BCUT2D eigenvalue weighted by Crippen LogP contribution is 2.27. The SMILES string of the molecule is CC(C)Cn1c(=O)[nH]c(=O)c2c(-c3nncn3C)n(Cc3ccnc4ccc(Cl)cc34)nc21. The summed E-state index contributed by atoms with van der Waals surface area (Å²) >= 11 is 6.24. The molecule has 0 atom stereocenters. The van der Waals surface area contributed by atoms with Crippen molar-refractivity contribution in [2.75, 3.05) is 0 Å². The summed E-state index contributed by atoms with van der Waals surface area (Å²) in [5, 5.41) is 14.7. The van der Waals surface area contributed by atoms with E-state index >= 15 is 0 Å². The minimum absolute atomic E-state index is 0.173. The van der Waals surface area contributed by atoms with Crippen molar-refractivity contribution < 1.29 is 0 Å². The molecule has 0 amide bonds. The zero-order valence-corrected chi connectivity index (χ0v) is 19.0. The van der Waals surface area contributed by atoms with Crippen LogP contribution in [0.4, 0.5) is 0 Å². The van der Waals surface area contributed by atoms with E-state index in [1.165, 1.54) is 4.57 Å². The highest BCUT2D eigenvalue weighted by atomic mass is 35.5. The van der Waals surface area contributed by atoms with Crippen LogP contribution >= 0.6 is 11.6 Å². The molecule has 0 radical (unpaired) electrons. The van der Waals surface area contributed by atoms with Crippen LogP contribution in [0.1, 0.15) is 19.4 Å². The Morgan fingerprint density at radius 1 is 1.18 bits per heavy atom. The van der Waals surface area contributed by atoms with Gasteiger partial charge in [0, 0.05) is 30.2 Å². The second-order valence-corrected chi connectivity index (χ2v) is 8.80. The zero-order valence-electron chi connectivity index (χ0n) is 18.3. The lowest BCUT2D eigenvalue weighted by molar-refractivity contribution is 0.510. The van der Waals surface area contributed by atoms with Crippen LogP contribution in [0.25, 0.3) is 33.5 Å². The fraction of sp³-hybridized carbons (Fsp3) is 0.273. The Kier molecular flexibility index (Phi) is 5.09. The summed E-state index contributed by atoms with van der Waals surface area (Å²) in [6, 6.07) is 7.39. The van der Waals surface area contributed by atoms with Crippen LogP contribution in [0.5, 0.6) is 0 Å². The second kappa shape index (κ2) is 7.96. The molecule has 5 aromatic rings. The van der Waals surface area contributed by atoms with Gasteiger partial charge in [0.05, 0.1) is 12.1 Å². The van der Waals surface area contributed by atoms with Gasteiger partial charge in [-0.15, -0.1) is 10.2 Å². The van der Waals surface area contributed by atoms with Crippen molar-refractivity contribution in [3.8, 4) is 11.5 Å². The minimum atomic E-state index is -0.512. The van der Waals surface area contributed by atoms with Crippen molar-refractivity contribution in [2.24, 2.45) is 13.0 Å². The van der Waals surface area contributed by atoms with Gasteiger partial charge in [-0.25, -0.2) is 4.79 Å². The number of nitrogens with one attached hydrogen (secondary N) is 1. The highest BCUT2D eigenvalue weighted by molar-refractivity contribution is 6.31. The molecule has 5 rings (SSSR count). The Labute approximate surface area is 192 Å². The predicted octanol–water partition coefficient (Wildman–Crippen LogP) is 2.59. The molecule has 0 bridgehead atoms. The molecule has 1 N–H and O–H groups in total. The maximum atomic E-state index is 13.0. The first kappa shape index (κ1) is 21.1. The number of fused-ring (bicyclic) bond motifs is 2. The van der Waals surface area contributed by atoms with Gasteiger partial charge >= 0.3 is 5.69 Å². The lowest BCUT2D eigenvalue weighted by Gasteiger charge is -2.10. The number of aryl methyl sites for hydroxylation is 1. The molecule has 33 heavy (non-hydrogen) atoms. The summed E-state index contributed by atoms with van der Waals surface area (Å²) in [6.45, 7) is 4.72. The highest BCUT2D eigenvalue weighted by Gasteiger charge is 2.24. The van der Waals surface area contributed by atoms with Gasteiger partial charge in [-0.3, -0.25) is 24.0 Å². The summed E-state index contributed by atoms with van der Waals surface area (Å²) < 4.78 is 4.90. The Hall–Kier alpha value is -3.79. The molecule has 0 aliphatic carbocycles. The second-order valence-electron chi connectivity index (χ2n) is 8.37. The van der Waals surface area contributed by atoms with Gasteiger partial charge in [-0.1, -0.05) is 25.4 Å². The Morgan fingerprint density at radius 2 is 2.00 bits per heavy atom. The van der Waals surface area contributed by atoms with Gasteiger partial charge in [0.1, 0.15) is 17.4 Å². The Balaban J connectivity index is 1.82. The van der Waals surface area contributed by atoms with E-state index in [1.54, 1.807) is 34.9 Å². The first-order valence-electron chi connectivity index (χ1n) is 10.4. The maximum Gasteiger partial charge on any atom is 0.330 e. The molecular formula is C22H21ClN8O2. The summed E-state index contributed by atoms with van der Waals surface area (Å²) in [4.78, 5) is 32.5. The third kappa shape index (κ3) is 3.62. The maximum absolute atomic E-state index is 13.0. The molecule has 0 spiro atoms. The third-order valence-corrected chi connectivity index (χ3v) is 5.70. The summed E-state index contributed by atoms with van der Waals surface area (Å²) in [5.74, 6) is 0.639. The predicted molar refractivity (Wildman–Crippen MR) is 125 cm³/mol. The van der Waals surface area contributed by atoms with Crippen molar-refractivity contribution in [3.05, 3.63) is 68.2 Å². The van der Waals surface area contributed by atoms with Gasteiger partial charge in [-0.05, 0) is 35.7 Å². The summed E-state index contributed by atoms with van der Waals surface area (Å²) in [6.07, 6.45) is 3.27. The molecule has 4 heterocycles. The van der Waals surface area contributed by atoms with Crippen LogP contribution in [0.2, 0.25) is 5.02 Å². The first-order valence-corrected chi connectivity index (χ1v) is 10.8. The average molecular weight is 465 g/mol. The van der Waals surface area contributed by atoms with Crippen LogP contribution < -0.4 is 11.2 Å². The molecule has 10 nitrogen and oxygen atoms in total. The number of rotatable bonds is 5. The van der Waals surface area contributed by atoms with Crippen molar-refractivity contribution >= 4 is 33.5 Å². The first-order chi connectivity index (χ1) is 15.8. The van der Waals surface area contributed by atoms with E-state index in [0.29, 0.717) is 40.7 Å². The molecule has 168 valence electrons. The van der Waals surface area contributed by atoms with Crippen molar-refractivity contribution in [1.82, 2.24) is 39.1 Å².